The molecule has 3 heteroatoms. The quantitative estimate of drug-likeness (QED) is 0.812. The molecule has 0 aliphatic rings. The highest BCUT2D eigenvalue weighted by Gasteiger charge is 2.05. The van der Waals surface area contributed by atoms with Crippen molar-refractivity contribution in [3.63, 3.8) is 0 Å². The summed E-state index contributed by atoms with van der Waals surface area (Å²) in [6.07, 6.45) is 3.80. The van der Waals surface area contributed by atoms with E-state index in [4.69, 9.17) is 11.6 Å². The molecule has 2 nitrogen and oxygen atoms in total. The Morgan fingerprint density at radius 2 is 2.21 bits per heavy atom. The van der Waals surface area contributed by atoms with E-state index in [-0.39, 0.29) is 0 Å². The lowest BCUT2D eigenvalue weighted by Gasteiger charge is -2.14. The van der Waals surface area contributed by atoms with E-state index in [1.807, 2.05) is 12.1 Å². The fourth-order valence-corrected chi connectivity index (χ4v) is 1.54. The van der Waals surface area contributed by atoms with E-state index in [2.05, 4.69) is 24.1 Å². The van der Waals surface area contributed by atoms with Crippen LogP contribution >= 0.6 is 11.6 Å². The van der Waals surface area contributed by atoms with E-state index < -0.39 is 0 Å². The van der Waals surface area contributed by atoms with Gasteiger partial charge in [0.2, 0.25) is 0 Å². The summed E-state index contributed by atoms with van der Waals surface area (Å²) in [6, 6.07) is 4.40. The van der Waals surface area contributed by atoms with Crippen molar-refractivity contribution in [3.8, 4) is 0 Å². The van der Waals surface area contributed by atoms with Crippen molar-refractivity contribution in [1.82, 2.24) is 10.3 Å². The molecule has 14 heavy (non-hydrogen) atoms. The second kappa shape index (κ2) is 5.99. The molecule has 1 atom stereocenters. The molecule has 0 fully saturated rings. The van der Waals surface area contributed by atoms with Gasteiger partial charge in [-0.2, -0.15) is 0 Å². The molecule has 0 amide bonds. The van der Waals surface area contributed by atoms with Crippen molar-refractivity contribution < 1.29 is 0 Å². The fourth-order valence-electron chi connectivity index (χ4n) is 1.43. The molecule has 0 saturated carbocycles. The Bertz CT molecular complexity index is 258. The maximum Gasteiger partial charge on any atom is 0.0589 e. The van der Waals surface area contributed by atoms with Crippen LogP contribution in [0.3, 0.4) is 0 Å². The average Bonchev–Trinajstić information content (AvgIpc) is 2.20. The first-order valence-electron chi connectivity index (χ1n) is 5.10. The molecule has 1 heterocycles. The third-order valence-electron chi connectivity index (χ3n) is 2.23. The average molecular weight is 213 g/mol. The standard InChI is InChI=1S/C11H17ClN2/c1-3-10(13-4-2)7-11-6-5-9(12)8-14-11/h5-6,8,10,13H,3-4,7H2,1-2H3. The van der Waals surface area contributed by atoms with Gasteiger partial charge in [0.25, 0.3) is 0 Å². The predicted octanol–water partition coefficient (Wildman–Crippen LogP) is 2.67. The van der Waals surface area contributed by atoms with Crippen LogP contribution in [-0.2, 0) is 6.42 Å². The van der Waals surface area contributed by atoms with Gasteiger partial charge in [-0.05, 0) is 25.1 Å². The molecule has 1 rings (SSSR count). The molecule has 0 radical (unpaired) electrons. The molecule has 0 saturated heterocycles. The van der Waals surface area contributed by atoms with Crippen molar-refractivity contribution in [2.45, 2.75) is 32.7 Å². The summed E-state index contributed by atoms with van der Waals surface area (Å²) < 4.78 is 0. The van der Waals surface area contributed by atoms with Gasteiger partial charge in [0.05, 0.1) is 5.02 Å². The van der Waals surface area contributed by atoms with Crippen molar-refractivity contribution in [1.29, 1.82) is 0 Å². The van der Waals surface area contributed by atoms with Crippen LogP contribution in [0.4, 0.5) is 0 Å². The van der Waals surface area contributed by atoms with Crippen LogP contribution in [-0.4, -0.2) is 17.6 Å². The first-order valence-corrected chi connectivity index (χ1v) is 5.47. The number of rotatable bonds is 5. The number of nitrogens with zero attached hydrogens (tertiary/aromatic N) is 1. The number of likely N-dealkylation sites (N-methyl/N-ethyl adjacent to an activating group) is 1. The second-order valence-corrected chi connectivity index (χ2v) is 3.77. The number of hydrogen-bond donors (Lipinski definition) is 1. The minimum atomic E-state index is 0.522. The Morgan fingerprint density at radius 1 is 1.43 bits per heavy atom. The van der Waals surface area contributed by atoms with E-state index in [0.717, 1.165) is 25.1 Å². The van der Waals surface area contributed by atoms with Crippen LogP contribution in [0.1, 0.15) is 26.0 Å². The Hall–Kier alpha value is -0.600. The summed E-state index contributed by atoms with van der Waals surface area (Å²) in [7, 11) is 0. The van der Waals surface area contributed by atoms with Crippen molar-refractivity contribution >= 4 is 11.6 Å². The van der Waals surface area contributed by atoms with E-state index in [1.54, 1.807) is 6.20 Å². The number of nitrogens with one attached hydrogen (secondary N) is 1. The Kier molecular flexibility index (Phi) is 4.91. The maximum absolute atomic E-state index is 5.77. The molecule has 1 aromatic rings. The zero-order chi connectivity index (χ0) is 10.4. The summed E-state index contributed by atoms with van der Waals surface area (Å²) in [5.41, 5.74) is 1.10. The van der Waals surface area contributed by atoms with Crippen LogP contribution in [0.15, 0.2) is 18.3 Å². The molecule has 0 aliphatic carbocycles. The molecular formula is C11H17ClN2. The van der Waals surface area contributed by atoms with Crippen LogP contribution in [0.25, 0.3) is 0 Å². The van der Waals surface area contributed by atoms with Gasteiger partial charge in [-0.25, -0.2) is 0 Å². The van der Waals surface area contributed by atoms with Gasteiger partial charge in [0.15, 0.2) is 0 Å². The Morgan fingerprint density at radius 3 is 2.71 bits per heavy atom. The first kappa shape index (κ1) is 11.5. The van der Waals surface area contributed by atoms with Gasteiger partial charge in [0, 0.05) is 24.4 Å². The monoisotopic (exact) mass is 212 g/mol. The number of halogens is 1. The van der Waals surface area contributed by atoms with Gasteiger partial charge in [-0.1, -0.05) is 25.4 Å². The van der Waals surface area contributed by atoms with Gasteiger partial charge >= 0.3 is 0 Å². The third kappa shape index (κ3) is 3.64. The highest BCUT2D eigenvalue weighted by molar-refractivity contribution is 6.30. The number of aromatic nitrogens is 1. The van der Waals surface area contributed by atoms with E-state index >= 15 is 0 Å². The van der Waals surface area contributed by atoms with E-state index in [9.17, 15) is 0 Å². The van der Waals surface area contributed by atoms with Crippen molar-refractivity contribution in [2.24, 2.45) is 0 Å². The number of hydrogen-bond acceptors (Lipinski definition) is 2. The highest BCUT2D eigenvalue weighted by atomic mass is 35.5. The van der Waals surface area contributed by atoms with Gasteiger partial charge in [0.1, 0.15) is 0 Å². The SMILES string of the molecule is CCNC(CC)Cc1ccc(Cl)cn1. The van der Waals surface area contributed by atoms with Gasteiger partial charge in [-0.3, -0.25) is 4.98 Å². The topological polar surface area (TPSA) is 24.9 Å². The summed E-state index contributed by atoms with van der Waals surface area (Å²) in [4.78, 5) is 4.28. The maximum atomic E-state index is 5.77. The fraction of sp³-hybridized carbons (Fsp3) is 0.545. The molecule has 0 bridgehead atoms. The summed E-state index contributed by atoms with van der Waals surface area (Å²) in [5.74, 6) is 0. The highest BCUT2D eigenvalue weighted by Crippen LogP contribution is 2.08. The Labute approximate surface area is 90.7 Å². The molecule has 1 unspecified atom stereocenters. The van der Waals surface area contributed by atoms with Crippen LogP contribution in [0.2, 0.25) is 5.02 Å². The molecule has 0 aliphatic heterocycles. The Balaban J connectivity index is 2.53. The van der Waals surface area contributed by atoms with Crippen molar-refractivity contribution in [3.05, 3.63) is 29.0 Å². The zero-order valence-electron chi connectivity index (χ0n) is 8.76. The first-order chi connectivity index (χ1) is 6.76. The largest absolute Gasteiger partial charge is 0.314 e. The molecule has 0 aromatic carbocycles. The summed E-state index contributed by atoms with van der Waals surface area (Å²) in [6.45, 7) is 5.31. The third-order valence-corrected chi connectivity index (χ3v) is 2.45. The lowest BCUT2D eigenvalue weighted by Crippen LogP contribution is -2.30. The zero-order valence-corrected chi connectivity index (χ0v) is 9.51. The second-order valence-electron chi connectivity index (χ2n) is 3.33. The lowest BCUT2D eigenvalue weighted by molar-refractivity contribution is 0.505. The molecule has 0 spiro atoms. The molecule has 1 N–H and O–H groups in total. The lowest BCUT2D eigenvalue weighted by atomic mass is 10.1. The normalized spacial score (nSPS) is 12.8. The minimum Gasteiger partial charge on any atom is -0.314 e. The predicted molar refractivity (Wildman–Crippen MR) is 60.7 cm³/mol. The van der Waals surface area contributed by atoms with Crippen LogP contribution in [0.5, 0.6) is 0 Å². The minimum absolute atomic E-state index is 0.522. The van der Waals surface area contributed by atoms with E-state index in [0.29, 0.717) is 11.1 Å². The van der Waals surface area contributed by atoms with Gasteiger partial charge < -0.3 is 5.32 Å². The van der Waals surface area contributed by atoms with E-state index in [1.165, 1.54) is 0 Å². The smallest absolute Gasteiger partial charge is 0.0589 e. The van der Waals surface area contributed by atoms with Gasteiger partial charge in [-0.15, -0.1) is 0 Å². The van der Waals surface area contributed by atoms with Crippen molar-refractivity contribution in [2.75, 3.05) is 6.54 Å². The molecule has 1 aromatic heterocycles. The molecule has 78 valence electrons. The molecular weight excluding hydrogens is 196 g/mol. The van der Waals surface area contributed by atoms with Crippen LogP contribution in [0, 0.1) is 0 Å². The van der Waals surface area contributed by atoms with Crippen LogP contribution < -0.4 is 5.32 Å². The number of pyridine rings is 1. The summed E-state index contributed by atoms with van der Waals surface area (Å²) >= 11 is 5.77. The summed E-state index contributed by atoms with van der Waals surface area (Å²) in [5, 5.41) is 4.12.